The first-order valence-corrected chi connectivity index (χ1v) is 5.57. The standard InChI is InChI=1S/C12H20N2O/c1-4-6-13-12(15)9-14-7-5-10(2)8-11(14)3/h1,10-11H,5-9H2,2-3H3,(H,13,15). The highest BCUT2D eigenvalue weighted by Crippen LogP contribution is 2.21. The SMILES string of the molecule is C#CCNC(=O)CN1CCC(C)CC1C. The molecule has 1 heterocycles. The number of carbonyl (C=O) groups is 1. The molecule has 1 N–H and O–H groups in total. The molecule has 0 aromatic heterocycles. The first kappa shape index (κ1) is 12.1. The van der Waals surface area contributed by atoms with Crippen LogP contribution in [0.1, 0.15) is 26.7 Å². The molecule has 1 aliphatic heterocycles. The maximum Gasteiger partial charge on any atom is 0.234 e. The molecule has 2 unspecified atom stereocenters. The second kappa shape index (κ2) is 5.77. The van der Waals surface area contributed by atoms with Crippen molar-refractivity contribution >= 4 is 5.91 Å². The lowest BCUT2D eigenvalue weighted by Crippen LogP contribution is -2.45. The summed E-state index contributed by atoms with van der Waals surface area (Å²) in [5, 5.41) is 2.69. The van der Waals surface area contributed by atoms with Crippen LogP contribution in [0.4, 0.5) is 0 Å². The highest BCUT2D eigenvalue weighted by Gasteiger charge is 2.23. The fourth-order valence-electron chi connectivity index (χ4n) is 2.08. The molecule has 2 atom stereocenters. The number of rotatable bonds is 3. The van der Waals surface area contributed by atoms with E-state index in [0.717, 1.165) is 12.5 Å². The Labute approximate surface area is 92.2 Å². The van der Waals surface area contributed by atoms with Gasteiger partial charge in [0.1, 0.15) is 0 Å². The van der Waals surface area contributed by atoms with Gasteiger partial charge in [0.05, 0.1) is 13.1 Å². The largest absolute Gasteiger partial charge is 0.344 e. The zero-order valence-corrected chi connectivity index (χ0v) is 9.62. The van der Waals surface area contributed by atoms with Gasteiger partial charge in [-0.25, -0.2) is 0 Å². The van der Waals surface area contributed by atoms with Crippen LogP contribution in [0.5, 0.6) is 0 Å². The van der Waals surface area contributed by atoms with Crippen molar-refractivity contribution in [1.29, 1.82) is 0 Å². The number of hydrogen-bond acceptors (Lipinski definition) is 2. The predicted molar refractivity (Wildman–Crippen MR) is 61.3 cm³/mol. The fourth-order valence-corrected chi connectivity index (χ4v) is 2.08. The first-order valence-electron chi connectivity index (χ1n) is 5.57. The lowest BCUT2D eigenvalue weighted by atomic mass is 9.93. The minimum absolute atomic E-state index is 0.0364. The number of carbonyl (C=O) groups excluding carboxylic acids is 1. The Morgan fingerprint density at radius 2 is 2.33 bits per heavy atom. The van der Waals surface area contributed by atoms with Gasteiger partial charge in [0, 0.05) is 6.04 Å². The summed E-state index contributed by atoms with van der Waals surface area (Å²) < 4.78 is 0. The Bertz CT molecular complexity index is 257. The molecule has 15 heavy (non-hydrogen) atoms. The van der Waals surface area contributed by atoms with Gasteiger partial charge in [0.15, 0.2) is 0 Å². The van der Waals surface area contributed by atoms with Gasteiger partial charge in [-0.15, -0.1) is 6.42 Å². The fraction of sp³-hybridized carbons (Fsp3) is 0.750. The maximum absolute atomic E-state index is 11.4. The molecular weight excluding hydrogens is 188 g/mol. The molecule has 0 aromatic rings. The van der Waals surface area contributed by atoms with Crippen molar-refractivity contribution in [1.82, 2.24) is 10.2 Å². The van der Waals surface area contributed by atoms with Gasteiger partial charge in [-0.2, -0.15) is 0 Å². The summed E-state index contributed by atoms with van der Waals surface area (Å²) in [6.45, 7) is 6.29. The van der Waals surface area contributed by atoms with Crippen LogP contribution in [0.25, 0.3) is 0 Å². The van der Waals surface area contributed by atoms with Crippen molar-refractivity contribution in [2.45, 2.75) is 32.7 Å². The third kappa shape index (κ3) is 3.93. The Hall–Kier alpha value is -1.01. The Kier molecular flexibility index (Phi) is 4.64. The van der Waals surface area contributed by atoms with Gasteiger partial charge in [0.2, 0.25) is 5.91 Å². The minimum Gasteiger partial charge on any atom is -0.344 e. The summed E-state index contributed by atoms with van der Waals surface area (Å²) >= 11 is 0. The average Bonchev–Trinajstić information content (AvgIpc) is 2.19. The molecule has 1 aliphatic rings. The zero-order chi connectivity index (χ0) is 11.3. The molecule has 0 saturated carbocycles. The van der Waals surface area contributed by atoms with Crippen LogP contribution in [0.15, 0.2) is 0 Å². The van der Waals surface area contributed by atoms with Crippen LogP contribution in [-0.2, 0) is 4.79 Å². The molecule has 1 fully saturated rings. The van der Waals surface area contributed by atoms with E-state index in [1.54, 1.807) is 0 Å². The zero-order valence-electron chi connectivity index (χ0n) is 9.62. The third-order valence-corrected chi connectivity index (χ3v) is 3.01. The molecule has 1 saturated heterocycles. The molecule has 0 radical (unpaired) electrons. The molecule has 0 spiro atoms. The van der Waals surface area contributed by atoms with Crippen molar-refractivity contribution in [3.05, 3.63) is 0 Å². The number of nitrogens with zero attached hydrogens (tertiary/aromatic N) is 1. The highest BCUT2D eigenvalue weighted by atomic mass is 16.2. The van der Waals surface area contributed by atoms with E-state index in [1.165, 1.54) is 12.8 Å². The van der Waals surface area contributed by atoms with E-state index in [1.807, 2.05) is 0 Å². The average molecular weight is 208 g/mol. The molecular formula is C12H20N2O. The number of hydrogen-bond donors (Lipinski definition) is 1. The summed E-state index contributed by atoms with van der Waals surface area (Å²) in [7, 11) is 0. The van der Waals surface area contributed by atoms with Gasteiger partial charge in [-0.3, -0.25) is 9.69 Å². The van der Waals surface area contributed by atoms with Gasteiger partial charge in [-0.1, -0.05) is 12.8 Å². The van der Waals surface area contributed by atoms with E-state index < -0.39 is 0 Å². The quantitative estimate of drug-likeness (QED) is 0.698. The second-order valence-electron chi connectivity index (χ2n) is 4.43. The normalized spacial score (nSPS) is 27.0. The van der Waals surface area contributed by atoms with Gasteiger partial charge < -0.3 is 5.32 Å². The Balaban J connectivity index is 2.32. The van der Waals surface area contributed by atoms with E-state index in [-0.39, 0.29) is 5.91 Å². The molecule has 1 amide bonds. The monoisotopic (exact) mass is 208 g/mol. The van der Waals surface area contributed by atoms with E-state index in [4.69, 9.17) is 6.42 Å². The van der Waals surface area contributed by atoms with Crippen LogP contribution in [0, 0.1) is 18.3 Å². The third-order valence-electron chi connectivity index (χ3n) is 3.01. The summed E-state index contributed by atoms with van der Waals surface area (Å²) in [6, 6.07) is 0.505. The van der Waals surface area contributed by atoms with E-state index in [9.17, 15) is 4.79 Å². The van der Waals surface area contributed by atoms with Crippen molar-refractivity contribution in [2.75, 3.05) is 19.6 Å². The first-order chi connectivity index (χ1) is 7.13. The number of piperidine rings is 1. The number of likely N-dealkylation sites (tertiary alicyclic amines) is 1. The molecule has 3 heteroatoms. The van der Waals surface area contributed by atoms with Crippen LogP contribution in [-0.4, -0.2) is 36.5 Å². The lowest BCUT2D eigenvalue weighted by molar-refractivity contribution is -0.123. The second-order valence-corrected chi connectivity index (χ2v) is 4.43. The van der Waals surface area contributed by atoms with Crippen LogP contribution < -0.4 is 5.32 Å². The highest BCUT2D eigenvalue weighted by molar-refractivity contribution is 5.78. The number of terminal acetylenes is 1. The number of nitrogens with one attached hydrogen (secondary N) is 1. The molecule has 3 nitrogen and oxygen atoms in total. The van der Waals surface area contributed by atoms with E-state index >= 15 is 0 Å². The smallest absolute Gasteiger partial charge is 0.234 e. The van der Waals surface area contributed by atoms with Gasteiger partial charge >= 0.3 is 0 Å². The topological polar surface area (TPSA) is 32.3 Å². The molecule has 0 aromatic carbocycles. The summed E-state index contributed by atoms with van der Waals surface area (Å²) in [5.74, 6) is 3.22. The molecule has 0 bridgehead atoms. The summed E-state index contributed by atoms with van der Waals surface area (Å²) in [6.07, 6.45) is 7.45. The van der Waals surface area contributed by atoms with Crippen molar-refractivity contribution in [3.8, 4) is 12.3 Å². The summed E-state index contributed by atoms with van der Waals surface area (Å²) in [5.41, 5.74) is 0. The maximum atomic E-state index is 11.4. The van der Waals surface area contributed by atoms with Gasteiger partial charge in [0.25, 0.3) is 0 Å². The molecule has 0 aliphatic carbocycles. The lowest BCUT2D eigenvalue weighted by Gasteiger charge is -2.35. The molecule has 84 valence electrons. The van der Waals surface area contributed by atoms with Crippen molar-refractivity contribution in [2.24, 2.45) is 5.92 Å². The number of amides is 1. The summed E-state index contributed by atoms with van der Waals surface area (Å²) in [4.78, 5) is 13.7. The Morgan fingerprint density at radius 1 is 1.60 bits per heavy atom. The van der Waals surface area contributed by atoms with Gasteiger partial charge in [-0.05, 0) is 32.2 Å². The van der Waals surface area contributed by atoms with Crippen LogP contribution >= 0.6 is 0 Å². The molecule has 1 rings (SSSR count). The predicted octanol–water partition coefficient (Wildman–Crippen LogP) is 0.856. The minimum atomic E-state index is 0.0364. The van der Waals surface area contributed by atoms with E-state index in [0.29, 0.717) is 19.1 Å². The van der Waals surface area contributed by atoms with Crippen molar-refractivity contribution < 1.29 is 4.79 Å². The van der Waals surface area contributed by atoms with Crippen molar-refractivity contribution in [3.63, 3.8) is 0 Å². The van der Waals surface area contributed by atoms with E-state index in [2.05, 4.69) is 30.0 Å². The van der Waals surface area contributed by atoms with Crippen LogP contribution in [0.3, 0.4) is 0 Å². The van der Waals surface area contributed by atoms with Crippen LogP contribution in [0.2, 0.25) is 0 Å². The Morgan fingerprint density at radius 3 is 2.93 bits per heavy atom.